The summed E-state index contributed by atoms with van der Waals surface area (Å²) in [6.45, 7) is 4.94. The number of halogens is 1. The van der Waals surface area contributed by atoms with Crippen LogP contribution in [0.1, 0.15) is 30.0 Å². The Bertz CT molecular complexity index is 621. The standard InChI is InChI=1S/C14H17BrN4O/c1-9(2)7-19-14(17-8-18-19)6-13(20)11-4-3-10(15)5-12(11)16/h3-5,8-9H,6-7,16H2,1-2H3. The lowest BCUT2D eigenvalue weighted by atomic mass is 10.1. The number of ketones is 1. The predicted molar refractivity (Wildman–Crippen MR) is 81.4 cm³/mol. The Morgan fingerprint density at radius 3 is 2.85 bits per heavy atom. The summed E-state index contributed by atoms with van der Waals surface area (Å²) < 4.78 is 2.63. The minimum Gasteiger partial charge on any atom is -0.398 e. The zero-order valence-corrected chi connectivity index (χ0v) is 13.1. The van der Waals surface area contributed by atoms with Gasteiger partial charge in [0, 0.05) is 22.3 Å². The molecular weight excluding hydrogens is 320 g/mol. The van der Waals surface area contributed by atoms with Crippen LogP contribution in [0.5, 0.6) is 0 Å². The number of hydrogen-bond donors (Lipinski definition) is 1. The third-order valence-electron chi connectivity index (χ3n) is 2.87. The zero-order chi connectivity index (χ0) is 14.7. The van der Waals surface area contributed by atoms with E-state index in [1.807, 2.05) is 6.07 Å². The number of carbonyl (C=O) groups excluding carboxylic acids is 1. The summed E-state index contributed by atoms with van der Waals surface area (Å²) in [5.41, 5.74) is 6.87. The van der Waals surface area contributed by atoms with E-state index in [1.165, 1.54) is 6.33 Å². The van der Waals surface area contributed by atoms with Gasteiger partial charge in [-0.25, -0.2) is 9.67 Å². The fourth-order valence-electron chi connectivity index (χ4n) is 1.95. The van der Waals surface area contributed by atoms with Gasteiger partial charge in [-0.3, -0.25) is 4.79 Å². The molecule has 0 fully saturated rings. The average Bonchev–Trinajstić information content (AvgIpc) is 2.75. The summed E-state index contributed by atoms with van der Waals surface area (Å²) in [4.78, 5) is 16.5. The van der Waals surface area contributed by atoms with E-state index in [0.29, 0.717) is 23.0 Å². The topological polar surface area (TPSA) is 73.8 Å². The highest BCUT2D eigenvalue weighted by Crippen LogP contribution is 2.20. The van der Waals surface area contributed by atoms with Crippen LogP contribution < -0.4 is 5.73 Å². The summed E-state index contributed by atoms with van der Waals surface area (Å²) in [7, 11) is 0. The molecule has 2 rings (SSSR count). The Balaban J connectivity index is 2.17. The normalized spacial score (nSPS) is 11.0. The Morgan fingerprint density at radius 1 is 1.45 bits per heavy atom. The molecule has 1 aromatic carbocycles. The average molecular weight is 337 g/mol. The molecule has 0 aliphatic rings. The van der Waals surface area contributed by atoms with Crippen LogP contribution in [0.4, 0.5) is 5.69 Å². The molecule has 0 bridgehead atoms. The highest BCUT2D eigenvalue weighted by molar-refractivity contribution is 9.10. The van der Waals surface area contributed by atoms with E-state index >= 15 is 0 Å². The van der Waals surface area contributed by atoms with Crippen LogP contribution in [0.3, 0.4) is 0 Å². The SMILES string of the molecule is CC(C)Cn1ncnc1CC(=O)c1ccc(Br)cc1N. The van der Waals surface area contributed by atoms with Crippen molar-refractivity contribution in [3.05, 3.63) is 40.4 Å². The van der Waals surface area contributed by atoms with Crippen molar-refractivity contribution >= 4 is 27.4 Å². The summed E-state index contributed by atoms with van der Waals surface area (Å²) in [5, 5.41) is 4.15. The van der Waals surface area contributed by atoms with Gasteiger partial charge in [0.1, 0.15) is 12.2 Å². The Labute approximate surface area is 126 Å². The quantitative estimate of drug-likeness (QED) is 0.672. The fourth-order valence-corrected chi connectivity index (χ4v) is 2.33. The van der Waals surface area contributed by atoms with Crippen molar-refractivity contribution in [1.82, 2.24) is 14.8 Å². The number of nitrogens with two attached hydrogens (primary N) is 1. The number of anilines is 1. The van der Waals surface area contributed by atoms with Crippen molar-refractivity contribution in [1.29, 1.82) is 0 Å². The van der Waals surface area contributed by atoms with Gasteiger partial charge in [-0.1, -0.05) is 29.8 Å². The van der Waals surface area contributed by atoms with E-state index in [4.69, 9.17) is 5.73 Å². The Hall–Kier alpha value is -1.69. The first-order valence-electron chi connectivity index (χ1n) is 6.42. The van der Waals surface area contributed by atoms with Crippen molar-refractivity contribution in [2.24, 2.45) is 5.92 Å². The molecule has 5 nitrogen and oxygen atoms in total. The lowest BCUT2D eigenvalue weighted by Gasteiger charge is -2.09. The maximum atomic E-state index is 12.3. The number of aromatic nitrogens is 3. The monoisotopic (exact) mass is 336 g/mol. The highest BCUT2D eigenvalue weighted by Gasteiger charge is 2.15. The van der Waals surface area contributed by atoms with E-state index in [2.05, 4.69) is 39.9 Å². The molecule has 0 saturated carbocycles. The third-order valence-corrected chi connectivity index (χ3v) is 3.36. The van der Waals surface area contributed by atoms with Crippen molar-refractivity contribution in [2.75, 3.05) is 5.73 Å². The van der Waals surface area contributed by atoms with Crippen LogP contribution in [0, 0.1) is 5.92 Å². The molecule has 0 aliphatic heterocycles. The Morgan fingerprint density at radius 2 is 2.20 bits per heavy atom. The summed E-state index contributed by atoms with van der Waals surface area (Å²) >= 11 is 3.33. The lowest BCUT2D eigenvalue weighted by Crippen LogP contribution is -2.15. The van der Waals surface area contributed by atoms with Crippen molar-refractivity contribution in [3.63, 3.8) is 0 Å². The van der Waals surface area contributed by atoms with E-state index in [9.17, 15) is 4.79 Å². The summed E-state index contributed by atoms with van der Waals surface area (Å²) in [5.74, 6) is 1.07. The van der Waals surface area contributed by atoms with Crippen LogP contribution in [0.25, 0.3) is 0 Å². The Kier molecular flexibility index (Phi) is 4.54. The van der Waals surface area contributed by atoms with Gasteiger partial charge in [-0.15, -0.1) is 0 Å². The number of rotatable bonds is 5. The summed E-state index contributed by atoms with van der Waals surface area (Å²) in [6.07, 6.45) is 1.69. The molecular formula is C14H17BrN4O. The van der Waals surface area contributed by atoms with Gasteiger partial charge in [-0.05, 0) is 24.1 Å². The molecule has 1 heterocycles. The van der Waals surface area contributed by atoms with E-state index < -0.39 is 0 Å². The van der Waals surface area contributed by atoms with Crippen molar-refractivity contribution in [3.8, 4) is 0 Å². The minimum absolute atomic E-state index is 0.0481. The smallest absolute Gasteiger partial charge is 0.172 e. The predicted octanol–water partition coefficient (Wildman–Crippen LogP) is 2.70. The zero-order valence-electron chi connectivity index (χ0n) is 11.5. The van der Waals surface area contributed by atoms with Gasteiger partial charge in [0.25, 0.3) is 0 Å². The molecule has 0 spiro atoms. The van der Waals surface area contributed by atoms with Crippen LogP contribution in [-0.2, 0) is 13.0 Å². The van der Waals surface area contributed by atoms with Gasteiger partial charge >= 0.3 is 0 Å². The molecule has 20 heavy (non-hydrogen) atoms. The van der Waals surface area contributed by atoms with E-state index in [0.717, 1.165) is 11.0 Å². The van der Waals surface area contributed by atoms with Crippen LogP contribution in [0.2, 0.25) is 0 Å². The summed E-state index contributed by atoms with van der Waals surface area (Å²) in [6, 6.07) is 5.26. The lowest BCUT2D eigenvalue weighted by molar-refractivity contribution is 0.0990. The largest absolute Gasteiger partial charge is 0.398 e. The van der Waals surface area contributed by atoms with E-state index in [1.54, 1.807) is 16.8 Å². The molecule has 2 aromatic rings. The van der Waals surface area contributed by atoms with Gasteiger partial charge in [0.15, 0.2) is 5.78 Å². The molecule has 106 valence electrons. The maximum Gasteiger partial charge on any atom is 0.172 e. The van der Waals surface area contributed by atoms with Crippen LogP contribution in [0.15, 0.2) is 29.0 Å². The van der Waals surface area contributed by atoms with Gasteiger partial charge in [0.05, 0.1) is 6.42 Å². The molecule has 2 N–H and O–H groups in total. The minimum atomic E-state index is -0.0481. The van der Waals surface area contributed by atoms with E-state index in [-0.39, 0.29) is 12.2 Å². The number of nitrogens with zero attached hydrogens (tertiary/aromatic N) is 3. The number of benzene rings is 1. The number of Topliss-reactive ketones (excluding diaryl/α,β-unsaturated/α-hetero) is 1. The van der Waals surface area contributed by atoms with Crippen molar-refractivity contribution in [2.45, 2.75) is 26.8 Å². The highest BCUT2D eigenvalue weighted by atomic mass is 79.9. The van der Waals surface area contributed by atoms with Gasteiger partial charge in [0.2, 0.25) is 0 Å². The second-order valence-corrected chi connectivity index (χ2v) is 6.00. The number of carbonyl (C=O) groups is 1. The van der Waals surface area contributed by atoms with Crippen molar-refractivity contribution < 1.29 is 4.79 Å². The molecule has 0 saturated heterocycles. The second kappa shape index (κ2) is 6.17. The number of nitrogen functional groups attached to an aromatic ring is 1. The number of hydrogen-bond acceptors (Lipinski definition) is 4. The second-order valence-electron chi connectivity index (χ2n) is 5.08. The van der Waals surface area contributed by atoms with Gasteiger partial charge < -0.3 is 5.73 Å². The molecule has 0 unspecified atom stereocenters. The van der Waals surface area contributed by atoms with Crippen LogP contribution in [-0.4, -0.2) is 20.5 Å². The van der Waals surface area contributed by atoms with Gasteiger partial charge in [-0.2, -0.15) is 5.10 Å². The molecule has 0 amide bonds. The molecule has 0 aliphatic carbocycles. The van der Waals surface area contributed by atoms with Crippen LogP contribution >= 0.6 is 15.9 Å². The first-order valence-corrected chi connectivity index (χ1v) is 7.21. The fraction of sp³-hybridized carbons (Fsp3) is 0.357. The first-order chi connectivity index (χ1) is 9.47. The molecule has 0 atom stereocenters. The molecule has 6 heteroatoms. The maximum absolute atomic E-state index is 12.3. The molecule has 0 radical (unpaired) electrons. The molecule has 1 aromatic heterocycles. The third kappa shape index (κ3) is 3.45. The first kappa shape index (κ1) is 14.7.